The van der Waals surface area contributed by atoms with Gasteiger partial charge < -0.3 is 10.4 Å². The fourth-order valence-electron chi connectivity index (χ4n) is 1.34. The molecule has 0 bridgehead atoms. The third-order valence-corrected chi connectivity index (χ3v) is 3.11. The highest BCUT2D eigenvalue weighted by Crippen LogP contribution is 2.24. The van der Waals surface area contributed by atoms with Crippen molar-refractivity contribution in [3.63, 3.8) is 0 Å². The Morgan fingerprint density at radius 3 is 2.33 bits per heavy atom. The molecule has 0 spiro atoms. The van der Waals surface area contributed by atoms with Crippen molar-refractivity contribution >= 4 is 28.9 Å². The molecule has 0 saturated heterocycles. The molecule has 2 N–H and O–H groups in total. The summed E-state index contributed by atoms with van der Waals surface area (Å²) in [6.45, 7) is 4.36. The first-order chi connectivity index (χ1) is 7.04. The molecule has 1 rings (SSSR count). The Kier molecular flexibility index (Phi) is 4.71. The normalized spacial score (nSPS) is 12.6. The Bertz CT molecular complexity index is 318. The summed E-state index contributed by atoms with van der Waals surface area (Å²) >= 11 is 11.5. The van der Waals surface area contributed by atoms with Gasteiger partial charge in [0.2, 0.25) is 0 Å². The smallest absolute Gasteiger partial charge is 0.0847 e. The van der Waals surface area contributed by atoms with Crippen molar-refractivity contribution in [2.24, 2.45) is 0 Å². The number of aliphatic hydroxyl groups is 1. The van der Waals surface area contributed by atoms with Gasteiger partial charge in [-0.3, -0.25) is 0 Å². The van der Waals surface area contributed by atoms with Crippen LogP contribution in [-0.2, 0) is 0 Å². The first-order valence-electron chi connectivity index (χ1n) is 4.79. The molecule has 0 radical (unpaired) electrons. The molecule has 0 aliphatic heterocycles. The topological polar surface area (TPSA) is 32.3 Å². The summed E-state index contributed by atoms with van der Waals surface area (Å²) in [6.07, 6.45) is -0.525. The van der Waals surface area contributed by atoms with Crippen LogP contribution in [-0.4, -0.2) is 23.6 Å². The number of alkyl halides is 1. The molecule has 1 aromatic rings. The summed E-state index contributed by atoms with van der Waals surface area (Å²) in [4.78, 5) is 0. The average Bonchev–Trinajstić information content (AvgIpc) is 2.22. The first-order valence-corrected chi connectivity index (χ1v) is 5.70. The first kappa shape index (κ1) is 12.6. The van der Waals surface area contributed by atoms with Crippen molar-refractivity contribution in [3.8, 4) is 0 Å². The number of halogens is 2. The number of anilines is 1. The summed E-state index contributed by atoms with van der Waals surface area (Å²) in [5, 5.41) is 13.2. The third-order valence-electron chi connectivity index (χ3n) is 2.16. The second kappa shape index (κ2) is 5.59. The van der Waals surface area contributed by atoms with Crippen molar-refractivity contribution in [1.29, 1.82) is 0 Å². The molecule has 1 atom stereocenters. The highest BCUT2D eigenvalue weighted by Gasteiger charge is 2.04. The minimum atomic E-state index is -0.525. The van der Waals surface area contributed by atoms with E-state index >= 15 is 0 Å². The van der Waals surface area contributed by atoms with E-state index in [4.69, 9.17) is 23.2 Å². The zero-order chi connectivity index (χ0) is 11.4. The van der Waals surface area contributed by atoms with Crippen LogP contribution in [0, 0.1) is 13.8 Å². The summed E-state index contributed by atoms with van der Waals surface area (Å²) in [6, 6.07) is 3.91. The molecule has 1 unspecified atom stereocenters. The van der Waals surface area contributed by atoms with Crippen molar-refractivity contribution in [3.05, 3.63) is 28.3 Å². The van der Waals surface area contributed by atoms with Gasteiger partial charge in [-0.15, -0.1) is 11.6 Å². The predicted octanol–water partition coefficient (Wildman–Crippen LogP) is 2.97. The van der Waals surface area contributed by atoms with Crippen molar-refractivity contribution in [2.45, 2.75) is 20.0 Å². The highest BCUT2D eigenvalue weighted by molar-refractivity contribution is 6.32. The van der Waals surface area contributed by atoms with Gasteiger partial charge in [-0.05, 0) is 37.1 Å². The van der Waals surface area contributed by atoms with Crippen LogP contribution in [0.5, 0.6) is 0 Å². The Morgan fingerprint density at radius 1 is 1.33 bits per heavy atom. The van der Waals surface area contributed by atoms with Gasteiger partial charge >= 0.3 is 0 Å². The third kappa shape index (κ3) is 3.56. The van der Waals surface area contributed by atoms with E-state index in [0.29, 0.717) is 6.54 Å². The summed E-state index contributed by atoms with van der Waals surface area (Å²) in [7, 11) is 0. The fourth-order valence-corrected chi connectivity index (χ4v) is 1.56. The molecule has 0 aliphatic carbocycles. The van der Waals surface area contributed by atoms with Crippen LogP contribution in [0.4, 0.5) is 5.69 Å². The molecule has 84 valence electrons. The van der Waals surface area contributed by atoms with Crippen molar-refractivity contribution in [2.75, 3.05) is 17.7 Å². The van der Waals surface area contributed by atoms with Crippen LogP contribution in [0.15, 0.2) is 12.1 Å². The molecule has 1 aromatic carbocycles. The minimum Gasteiger partial charge on any atom is -0.390 e. The molecule has 2 nitrogen and oxygen atoms in total. The number of rotatable bonds is 4. The van der Waals surface area contributed by atoms with Crippen molar-refractivity contribution in [1.82, 2.24) is 0 Å². The summed E-state index contributed by atoms with van der Waals surface area (Å²) < 4.78 is 0. The molecular formula is C11H15Cl2NO. The molecule has 0 aliphatic rings. The second-order valence-corrected chi connectivity index (χ2v) is 4.30. The molecule has 0 aromatic heterocycles. The number of hydrogen-bond acceptors (Lipinski definition) is 2. The van der Waals surface area contributed by atoms with Crippen molar-refractivity contribution < 1.29 is 5.11 Å². The predicted molar refractivity (Wildman–Crippen MR) is 66.1 cm³/mol. The average molecular weight is 248 g/mol. The van der Waals surface area contributed by atoms with Crippen LogP contribution in [0.1, 0.15) is 11.1 Å². The van der Waals surface area contributed by atoms with E-state index in [1.54, 1.807) is 0 Å². The fraction of sp³-hybridized carbons (Fsp3) is 0.455. The molecule has 0 heterocycles. The molecule has 4 heteroatoms. The van der Waals surface area contributed by atoms with Crippen LogP contribution in [0.3, 0.4) is 0 Å². The Labute approximate surface area is 100 Å². The van der Waals surface area contributed by atoms with E-state index in [1.165, 1.54) is 0 Å². The van der Waals surface area contributed by atoms with Gasteiger partial charge in [-0.2, -0.15) is 0 Å². The largest absolute Gasteiger partial charge is 0.390 e. The number of benzene rings is 1. The van der Waals surface area contributed by atoms with E-state index in [-0.39, 0.29) is 5.88 Å². The lowest BCUT2D eigenvalue weighted by atomic mass is 10.1. The molecule has 0 amide bonds. The second-order valence-electron chi connectivity index (χ2n) is 3.61. The molecule has 0 fully saturated rings. The van der Waals surface area contributed by atoms with Gasteiger partial charge in [-0.25, -0.2) is 0 Å². The lowest BCUT2D eigenvalue weighted by Crippen LogP contribution is -2.20. The molecular weight excluding hydrogens is 233 g/mol. The lowest BCUT2D eigenvalue weighted by Gasteiger charge is -2.12. The van der Waals surface area contributed by atoms with Crippen LogP contribution >= 0.6 is 23.2 Å². The Balaban J connectivity index is 2.70. The SMILES string of the molecule is Cc1cc(NCC(O)CCl)cc(C)c1Cl. The maximum atomic E-state index is 9.29. The van der Waals surface area contributed by atoms with E-state index in [2.05, 4.69) is 5.32 Å². The monoisotopic (exact) mass is 247 g/mol. The zero-order valence-electron chi connectivity index (χ0n) is 8.85. The Morgan fingerprint density at radius 2 is 1.87 bits per heavy atom. The van der Waals surface area contributed by atoms with E-state index in [1.807, 2.05) is 26.0 Å². The highest BCUT2D eigenvalue weighted by atomic mass is 35.5. The van der Waals surface area contributed by atoms with E-state index in [9.17, 15) is 5.11 Å². The van der Waals surface area contributed by atoms with Gasteiger partial charge in [0.25, 0.3) is 0 Å². The van der Waals surface area contributed by atoms with Crippen LogP contribution < -0.4 is 5.32 Å². The van der Waals surface area contributed by atoms with Crippen LogP contribution in [0.2, 0.25) is 5.02 Å². The number of nitrogens with one attached hydrogen (secondary N) is 1. The zero-order valence-corrected chi connectivity index (χ0v) is 10.4. The Hall–Kier alpha value is -0.440. The summed E-state index contributed by atoms with van der Waals surface area (Å²) in [5.41, 5.74) is 3.01. The lowest BCUT2D eigenvalue weighted by molar-refractivity contribution is 0.211. The van der Waals surface area contributed by atoms with E-state index in [0.717, 1.165) is 21.8 Å². The quantitative estimate of drug-likeness (QED) is 0.803. The van der Waals surface area contributed by atoms with Gasteiger partial charge in [0.05, 0.1) is 12.0 Å². The molecule has 15 heavy (non-hydrogen) atoms. The van der Waals surface area contributed by atoms with E-state index < -0.39 is 6.10 Å². The number of aryl methyl sites for hydroxylation is 2. The number of aliphatic hydroxyl groups excluding tert-OH is 1. The maximum absolute atomic E-state index is 9.29. The van der Waals surface area contributed by atoms with Gasteiger partial charge in [0, 0.05) is 17.3 Å². The minimum absolute atomic E-state index is 0.235. The van der Waals surface area contributed by atoms with Crippen LogP contribution in [0.25, 0.3) is 0 Å². The maximum Gasteiger partial charge on any atom is 0.0847 e. The molecule has 0 saturated carbocycles. The van der Waals surface area contributed by atoms with Gasteiger partial charge in [-0.1, -0.05) is 11.6 Å². The standard InChI is InChI=1S/C11H15Cl2NO/c1-7-3-9(4-8(2)11(7)13)14-6-10(15)5-12/h3-4,10,14-15H,5-6H2,1-2H3. The van der Waals surface area contributed by atoms with Gasteiger partial charge in [0.1, 0.15) is 0 Å². The number of hydrogen-bond donors (Lipinski definition) is 2. The van der Waals surface area contributed by atoms with Gasteiger partial charge in [0.15, 0.2) is 0 Å². The summed E-state index contributed by atoms with van der Waals surface area (Å²) in [5.74, 6) is 0.235.